The molecule has 3 heterocycles. The molecule has 0 spiro atoms. The maximum atomic E-state index is 13.6. The van der Waals surface area contributed by atoms with E-state index in [1.807, 2.05) is 11.9 Å². The minimum atomic E-state index is -4.53. The summed E-state index contributed by atoms with van der Waals surface area (Å²) in [7, 11) is 4.93. The lowest BCUT2D eigenvalue weighted by molar-refractivity contribution is -0.666. The lowest BCUT2D eigenvalue weighted by Crippen LogP contribution is -2.43. The van der Waals surface area contributed by atoms with Crippen molar-refractivity contribution in [1.29, 1.82) is 0 Å². The van der Waals surface area contributed by atoms with E-state index in [9.17, 15) is 18.0 Å². The fraction of sp³-hybridized carbons (Fsp3) is 0.316. The van der Waals surface area contributed by atoms with Crippen molar-refractivity contribution >= 4 is 28.9 Å². The topological polar surface area (TPSA) is 51.2 Å². The molecule has 1 aliphatic heterocycles. The zero-order valence-electron chi connectivity index (χ0n) is 16.2. The molecule has 30 heavy (non-hydrogen) atoms. The molecule has 1 unspecified atom stereocenters. The van der Waals surface area contributed by atoms with Gasteiger partial charge in [0.25, 0.3) is 5.88 Å². The van der Waals surface area contributed by atoms with Gasteiger partial charge in [-0.25, -0.2) is 14.3 Å². The molecule has 0 bridgehead atoms. The number of alkyl halides is 3. The molecule has 0 aliphatic carbocycles. The Kier molecular flexibility index (Phi) is 5.01. The molecule has 3 aromatic rings. The van der Waals surface area contributed by atoms with Gasteiger partial charge in [0, 0.05) is 6.20 Å². The van der Waals surface area contributed by atoms with Crippen LogP contribution in [0.25, 0.3) is 11.1 Å². The number of anilines is 1. The van der Waals surface area contributed by atoms with Crippen LogP contribution in [0, 0.1) is 0 Å². The van der Waals surface area contributed by atoms with Crippen LogP contribution in [0.15, 0.2) is 35.3 Å². The summed E-state index contributed by atoms with van der Waals surface area (Å²) in [6, 6.07) is 4.31. The van der Waals surface area contributed by atoms with Gasteiger partial charge in [-0.1, -0.05) is 23.7 Å². The van der Waals surface area contributed by atoms with E-state index in [1.165, 1.54) is 30.6 Å². The molecule has 0 fully saturated rings. The zero-order valence-corrected chi connectivity index (χ0v) is 17.8. The highest BCUT2D eigenvalue weighted by molar-refractivity contribution is 7.15. The van der Waals surface area contributed by atoms with Crippen LogP contribution >= 0.6 is 22.9 Å². The Hall–Kier alpha value is -2.59. The molecule has 0 saturated heterocycles. The summed E-state index contributed by atoms with van der Waals surface area (Å²) in [4.78, 5) is 20.3. The van der Waals surface area contributed by atoms with Crippen molar-refractivity contribution in [3.05, 3.63) is 55.7 Å². The first-order valence-corrected chi connectivity index (χ1v) is 10.1. The fourth-order valence-electron chi connectivity index (χ4n) is 3.84. The number of aromatic nitrogens is 3. The lowest BCUT2D eigenvalue weighted by Gasteiger charge is -2.15. The third-order valence-corrected chi connectivity index (χ3v) is 6.28. The molecule has 11 heteroatoms. The first-order chi connectivity index (χ1) is 14.1. The van der Waals surface area contributed by atoms with Crippen molar-refractivity contribution in [3.63, 3.8) is 0 Å². The van der Waals surface area contributed by atoms with Gasteiger partial charge in [0.1, 0.15) is 12.1 Å². The van der Waals surface area contributed by atoms with E-state index in [4.69, 9.17) is 16.3 Å². The summed E-state index contributed by atoms with van der Waals surface area (Å²) in [5.74, 6) is 0.752. The Morgan fingerprint density at radius 1 is 1.37 bits per heavy atom. The van der Waals surface area contributed by atoms with E-state index < -0.39 is 17.3 Å². The van der Waals surface area contributed by atoms with Gasteiger partial charge in [-0.2, -0.15) is 17.7 Å². The molecule has 4 rings (SSSR count). The van der Waals surface area contributed by atoms with Crippen LogP contribution in [0.4, 0.5) is 19.1 Å². The van der Waals surface area contributed by atoms with E-state index in [2.05, 4.69) is 4.98 Å². The number of nitrogens with zero attached hydrogens (tertiary/aromatic N) is 4. The molecule has 2 aromatic heterocycles. The molecule has 6 nitrogen and oxygen atoms in total. The van der Waals surface area contributed by atoms with E-state index in [0.717, 1.165) is 17.0 Å². The van der Waals surface area contributed by atoms with Crippen LogP contribution in [0.1, 0.15) is 16.5 Å². The predicted molar refractivity (Wildman–Crippen MR) is 107 cm³/mol. The van der Waals surface area contributed by atoms with Crippen molar-refractivity contribution in [2.45, 2.75) is 12.2 Å². The Bertz CT molecular complexity index is 1190. The van der Waals surface area contributed by atoms with Crippen LogP contribution < -0.4 is 19.8 Å². The molecule has 1 aliphatic rings. The molecule has 0 saturated carbocycles. The number of thiazole rings is 1. The Morgan fingerprint density at radius 3 is 2.70 bits per heavy atom. The summed E-state index contributed by atoms with van der Waals surface area (Å²) in [6.45, 7) is 0.483. The summed E-state index contributed by atoms with van der Waals surface area (Å²) >= 11 is 7.24. The van der Waals surface area contributed by atoms with Gasteiger partial charge < -0.3 is 4.74 Å². The number of halogens is 4. The first-order valence-electron chi connectivity index (χ1n) is 8.86. The first kappa shape index (κ1) is 20.7. The molecule has 0 amide bonds. The number of methoxy groups -OCH3 is 1. The second-order valence-corrected chi connectivity index (χ2v) is 8.55. The second-order valence-electron chi connectivity index (χ2n) is 6.91. The SMILES string of the molecule is COc1c(-c2cccc(C(F)(F)F)c2)c(=O)n2c([n+]1C)N(C)CC2c1cnc(Cl)s1. The highest BCUT2D eigenvalue weighted by Crippen LogP contribution is 2.37. The third-order valence-electron chi connectivity index (χ3n) is 5.06. The Morgan fingerprint density at radius 2 is 2.10 bits per heavy atom. The maximum absolute atomic E-state index is 13.6. The van der Waals surface area contributed by atoms with Crippen molar-refractivity contribution in [2.75, 3.05) is 25.6 Å². The van der Waals surface area contributed by atoms with Crippen LogP contribution in [0.3, 0.4) is 0 Å². The number of hydrogen-bond acceptors (Lipinski definition) is 5. The maximum Gasteiger partial charge on any atom is 0.416 e. The van der Waals surface area contributed by atoms with Crippen molar-refractivity contribution in [1.82, 2.24) is 9.55 Å². The summed E-state index contributed by atoms with van der Waals surface area (Å²) < 4.78 is 48.8. The standard InChI is InChI=1S/C19H17ClF3N4O2S/c1-25-9-12(13-8-24-17(20)30-13)27-15(28)14(16(29-3)26(2)18(25)27)10-5-4-6-11(7-10)19(21,22)23/h4-8,12H,9H2,1-3H3/q+1. The normalized spacial score (nSPS) is 16.1. The quantitative estimate of drug-likeness (QED) is 0.565. The number of likely N-dealkylation sites (N-methyl/N-ethyl adjacent to an activating group) is 1. The van der Waals surface area contributed by atoms with Gasteiger partial charge in [-0.3, -0.25) is 4.90 Å². The molecule has 0 radical (unpaired) electrons. The van der Waals surface area contributed by atoms with Crippen molar-refractivity contribution in [2.24, 2.45) is 7.05 Å². The van der Waals surface area contributed by atoms with Crippen molar-refractivity contribution in [3.8, 4) is 17.0 Å². The van der Waals surface area contributed by atoms with Gasteiger partial charge in [0.15, 0.2) is 10.5 Å². The second kappa shape index (κ2) is 7.28. The number of rotatable bonds is 3. The van der Waals surface area contributed by atoms with Crippen LogP contribution in [0.5, 0.6) is 5.88 Å². The average Bonchev–Trinajstić information content (AvgIpc) is 3.27. The minimum Gasteiger partial charge on any atom is -0.471 e. The molecule has 1 aromatic carbocycles. The molecular weight excluding hydrogens is 441 g/mol. The average molecular weight is 458 g/mol. The predicted octanol–water partition coefficient (Wildman–Crippen LogP) is 3.52. The summed E-state index contributed by atoms with van der Waals surface area (Å²) in [5.41, 5.74) is -1.09. The third kappa shape index (κ3) is 3.24. The summed E-state index contributed by atoms with van der Waals surface area (Å²) in [6.07, 6.45) is -2.91. The summed E-state index contributed by atoms with van der Waals surface area (Å²) in [5, 5.41) is 0. The van der Waals surface area contributed by atoms with E-state index in [0.29, 0.717) is 17.0 Å². The number of hydrogen-bond donors (Lipinski definition) is 0. The van der Waals surface area contributed by atoms with Gasteiger partial charge in [0.2, 0.25) is 0 Å². The lowest BCUT2D eigenvalue weighted by atomic mass is 10.0. The Balaban J connectivity index is 2.00. The van der Waals surface area contributed by atoms with Gasteiger partial charge >= 0.3 is 17.7 Å². The largest absolute Gasteiger partial charge is 0.471 e. The molecule has 1 atom stereocenters. The van der Waals surface area contributed by atoms with E-state index in [1.54, 1.807) is 22.4 Å². The minimum absolute atomic E-state index is 0.0609. The number of benzene rings is 1. The van der Waals surface area contributed by atoms with E-state index in [-0.39, 0.29) is 23.0 Å². The van der Waals surface area contributed by atoms with Gasteiger partial charge in [-0.05, 0) is 17.7 Å². The van der Waals surface area contributed by atoms with Crippen LogP contribution in [0.2, 0.25) is 4.47 Å². The van der Waals surface area contributed by atoms with Gasteiger partial charge in [-0.15, -0.1) is 11.3 Å². The van der Waals surface area contributed by atoms with E-state index >= 15 is 0 Å². The molecular formula is C19H17ClF3N4O2S+. The zero-order chi connectivity index (χ0) is 21.8. The number of fused-ring (bicyclic) bond motifs is 1. The fourth-order valence-corrected chi connectivity index (χ4v) is 4.88. The highest BCUT2D eigenvalue weighted by Gasteiger charge is 2.42. The molecule has 158 valence electrons. The van der Waals surface area contributed by atoms with Crippen LogP contribution in [-0.2, 0) is 13.2 Å². The highest BCUT2D eigenvalue weighted by atomic mass is 35.5. The van der Waals surface area contributed by atoms with Crippen LogP contribution in [-0.4, -0.2) is 30.3 Å². The smallest absolute Gasteiger partial charge is 0.416 e. The monoisotopic (exact) mass is 457 g/mol. The Labute approximate surface area is 178 Å². The molecule has 0 N–H and O–H groups in total. The number of ether oxygens (including phenoxy) is 1. The van der Waals surface area contributed by atoms with Crippen molar-refractivity contribution < 1.29 is 22.5 Å². The van der Waals surface area contributed by atoms with Gasteiger partial charge in [0.05, 0.1) is 31.6 Å².